The first-order chi connectivity index (χ1) is 13.1. The molecule has 2 aromatic rings. The minimum absolute atomic E-state index is 0.124. The quantitative estimate of drug-likeness (QED) is 0.365. The molecule has 5 rings (SSSR count). The number of para-hydroxylation sites is 1. The van der Waals surface area contributed by atoms with E-state index in [0.29, 0.717) is 17.0 Å². The second-order valence-corrected chi connectivity index (χ2v) is 7.26. The van der Waals surface area contributed by atoms with Crippen LogP contribution in [0.4, 0.5) is 5.69 Å². The van der Waals surface area contributed by atoms with E-state index in [2.05, 4.69) is 12.2 Å². The normalized spacial score (nSPS) is 27.9. The van der Waals surface area contributed by atoms with E-state index in [1.54, 1.807) is 48.5 Å². The van der Waals surface area contributed by atoms with Crippen molar-refractivity contribution in [3.05, 3.63) is 72.3 Å². The summed E-state index contributed by atoms with van der Waals surface area (Å²) in [6, 6.07) is 15.3. The lowest BCUT2D eigenvalue weighted by molar-refractivity contribution is -0.123. The number of nitrogens with zero attached hydrogens (tertiary/aromatic N) is 1. The predicted molar refractivity (Wildman–Crippen MR) is 98.1 cm³/mol. The molecule has 5 nitrogen and oxygen atoms in total. The van der Waals surface area contributed by atoms with E-state index in [1.165, 1.54) is 4.90 Å². The summed E-state index contributed by atoms with van der Waals surface area (Å²) in [6.07, 6.45) is 5.05. The number of fused-ring (bicyclic) bond motifs is 5. The first-order valence-electron chi connectivity index (χ1n) is 9.07. The Morgan fingerprint density at radius 1 is 0.852 bits per heavy atom. The molecule has 134 valence electrons. The second kappa shape index (κ2) is 5.91. The SMILES string of the molecule is O=C(Oc1ccccc1)c1ccc(N2C(=O)[C@H]3[C@H](C2=O)[C@H]2C=C[C@H]3C2)cc1. The van der Waals surface area contributed by atoms with Gasteiger partial charge in [-0.2, -0.15) is 0 Å². The Kier molecular flexibility index (Phi) is 3.50. The average Bonchev–Trinajstić information content (AvgIpc) is 3.37. The van der Waals surface area contributed by atoms with Crippen LogP contribution in [0.3, 0.4) is 0 Å². The fraction of sp³-hybridized carbons (Fsp3) is 0.227. The maximum atomic E-state index is 12.8. The van der Waals surface area contributed by atoms with Crippen LogP contribution in [0.1, 0.15) is 16.8 Å². The number of hydrogen-bond donors (Lipinski definition) is 0. The zero-order valence-corrected chi connectivity index (χ0v) is 14.4. The minimum atomic E-state index is -0.481. The number of benzene rings is 2. The Morgan fingerprint density at radius 2 is 1.44 bits per heavy atom. The Labute approximate surface area is 156 Å². The molecule has 1 saturated heterocycles. The highest BCUT2D eigenvalue weighted by Crippen LogP contribution is 2.53. The molecule has 2 aromatic carbocycles. The van der Waals surface area contributed by atoms with Crippen molar-refractivity contribution in [2.24, 2.45) is 23.7 Å². The molecule has 3 aliphatic rings. The standard InChI is InChI=1S/C22H17NO4/c24-20-18-14-6-7-15(12-14)19(18)21(25)23(20)16-10-8-13(9-11-16)22(26)27-17-4-2-1-3-5-17/h1-11,14-15,18-19H,12H2/t14-,15-,18+,19+/m0/s1. The number of imide groups is 1. The van der Waals surface area contributed by atoms with Crippen LogP contribution in [-0.2, 0) is 9.59 Å². The van der Waals surface area contributed by atoms with Crippen molar-refractivity contribution in [1.29, 1.82) is 0 Å². The van der Waals surface area contributed by atoms with E-state index >= 15 is 0 Å². The summed E-state index contributed by atoms with van der Waals surface area (Å²) in [5.41, 5.74) is 0.874. The van der Waals surface area contributed by atoms with Crippen LogP contribution >= 0.6 is 0 Å². The van der Waals surface area contributed by atoms with E-state index in [1.807, 2.05) is 6.07 Å². The third-order valence-corrected chi connectivity index (χ3v) is 5.79. The molecule has 0 radical (unpaired) electrons. The lowest BCUT2D eigenvalue weighted by Crippen LogP contribution is -2.32. The van der Waals surface area contributed by atoms with Crippen LogP contribution in [0.15, 0.2) is 66.7 Å². The smallest absolute Gasteiger partial charge is 0.343 e. The predicted octanol–water partition coefficient (Wildman–Crippen LogP) is 3.22. The van der Waals surface area contributed by atoms with Crippen molar-refractivity contribution in [2.45, 2.75) is 6.42 Å². The molecule has 4 atom stereocenters. The Hall–Kier alpha value is -3.21. The topological polar surface area (TPSA) is 63.7 Å². The summed E-state index contributed by atoms with van der Waals surface area (Å²) < 4.78 is 5.31. The molecule has 1 aliphatic heterocycles. The van der Waals surface area contributed by atoms with Crippen molar-refractivity contribution in [3.63, 3.8) is 0 Å². The molecule has 27 heavy (non-hydrogen) atoms. The fourth-order valence-corrected chi connectivity index (χ4v) is 4.56. The molecule has 0 N–H and O–H groups in total. The number of anilines is 1. The van der Waals surface area contributed by atoms with Crippen molar-refractivity contribution in [1.82, 2.24) is 0 Å². The number of allylic oxidation sites excluding steroid dienone is 2. The number of rotatable bonds is 3. The third kappa shape index (κ3) is 2.42. The average molecular weight is 359 g/mol. The van der Waals surface area contributed by atoms with Crippen molar-refractivity contribution < 1.29 is 19.1 Å². The van der Waals surface area contributed by atoms with Gasteiger partial charge in [-0.3, -0.25) is 14.5 Å². The lowest BCUT2D eigenvalue weighted by Gasteiger charge is -2.17. The first kappa shape index (κ1) is 16.0. The summed E-state index contributed by atoms with van der Waals surface area (Å²) in [5.74, 6) is -0.352. The maximum absolute atomic E-state index is 12.8. The van der Waals surface area contributed by atoms with Crippen molar-refractivity contribution >= 4 is 23.5 Å². The zero-order chi connectivity index (χ0) is 18.5. The van der Waals surface area contributed by atoms with Gasteiger partial charge in [0.15, 0.2) is 0 Å². The Bertz CT molecular complexity index is 934. The van der Waals surface area contributed by atoms with Gasteiger partial charge < -0.3 is 4.74 Å². The summed E-state index contributed by atoms with van der Waals surface area (Å²) >= 11 is 0. The van der Waals surface area contributed by atoms with E-state index in [-0.39, 0.29) is 35.5 Å². The molecule has 1 saturated carbocycles. The van der Waals surface area contributed by atoms with E-state index in [0.717, 1.165) is 6.42 Å². The molecule has 2 bridgehead atoms. The van der Waals surface area contributed by atoms with Gasteiger partial charge >= 0.3 is 5.97 Å². The van der Waals surface area contributed by atoms with Crippen LogP contribution in [0.2, 0.25) is 0 Å². The first-order valence-corrected chi connectivity index (χ1v) is 9.07. The van der Waals surface area contributed by atoms with Gasteiger partial charge in [0.1, 0.15) is 5.75 Å². The summed E-state index contributed by atoms with van der Waals surface area (Å²) in [7, 11) is 0. The van der Waals surface area contributed by atoms with E-state index in [9.17, 15) is 14.4 Å². The molecular weight excluding hydrogens is 342 g/mol. The number of ether oxygens (including phenoxy) is 1. The molecule has 5 heteroatoms. The number of carbonyl (C=O) groups excluding carboxylic acids is 3. The Morgan fingerprint density at radius 3 is 2.04 bits per heavy atom. The van der Waals surface area contributed by atoms with Gasteiger partial charge in [-0.15, -0.1) is 0 Å². The van der Waals surface area contributed by atoms with Crippen LogP contribution in [0.5, 0.6) is 5.75 Å². The zero-order valence-electron chi connectivity index (χ0n) is 14.4. The highest BCUT2D eigenvalue weighted by Gasteiger charge is 2.59. The third-order valence-electron chi connectivity index (χ3n) is 5.79. The van der Waals surface area contributed by atoms with Gasteiger partial charge in [-0.05, 0) is 54.7 Å². The van der Waals surface area contributed by atoms with Gasteiger partial charge in [0.05, 0.1) is 23.1 Å². The fourth-order valence-electron chi connectivity index (χ4n) is 4.56. The number of esters is 1. The maximum Gasteiger partial charge on any atom is 0.343 e. The molecule has 2 aliphatic carbocycles. The van der Waals surface area contributed by atoms with Gasteiger partial charge in [0.2, 0.25) is 11.8 Å². The molecule has 2 amide bonds. The number of amides is 2. The van der Waals surface area contributed by atoms with Gasteiger partial charge in [0.25, 0.3) is 0 Å². The molecule has 1 heterocycles. The molecule has 0 aromatic heterocycles. The summed E-state index contributed by atoms with van der Waals surface area (Å²) in [6.45, 7) is 0. The largest absolute Gasteiger partial charge is 0.423 e. The van der Waals surface area contributed by atoms with Gasteiger partial charge in [-0.1, -0.05) is 30.4 Å². The number of hydrogen-bond acceptors (Lipinski definition) is 4. The summed E-state index contributed by atoms with van der Waals surface area (Å²) in [4.78, 5) is 39.2. The Balaban J connectivity index is 1.36. The van der Waals surface area contributed by atoms with Crippen LogP contribution in [0, 0.1) is 23.7 Å². The van der Waals surface area contributed by atoms with Gasteiger partial charge in [0, 0.05) is 0 Å². The highest BCUT2D eigenvalue weighted by atomic mass is 16.5. The summed E-state index contributed by atoms with van der Waals surface area (Å²) in [5, 5.41) is 0. The van der Waals surface area contributed by atoms with Gasteiger partial charge in [-0.25, -0.2) is 4.79 Å². The van der Waals surface area contributed by atoms with Crippen LogP contribution in [-0.4, -0.2) is 17.8 Å². The molecule has 2 fully saturated rings. The molecular formula is C22H17NO4. The second-order valence-electron chi connectivity index (χ2n) is 7.26. The van der Waals surface area contributed by atoms with Crippen LogP contribution < -0.4 is 9.64 Å². The van der Waals surface area contributed by atoms with Crippen LogP contribution in [0.25, 0.3) is 0 Å². The highest BCUT2D eigenvalue weighted by molar-refractivity contribution is 6.22. The minimum Gasteiger partial charge on any atom is -0.423 e. The number of carbonyl (C=O) groups is 3. The molecule has 0 unspecified atom stereocenters. The van der Waals surface area contributed by atoms with E-state index in [4.69, 9.17) is 4.74 Å². The lowest BCUT2D eigenvalue weighted by atomic mass is 9.85. The van der Waals surface area contributed by atoms with Crippen molar-refractivity contribution in [2.75, 3.05) is 4.90 Å². The molecule has 0 spiro atoms. The van der Waals surface area contributed by atoms with E-state index < -0.39 is 5.97 Å². The van der Waals surface area contributed by atoms with Crippen molar-refractivity contribution in [3.8, 4) is 5.75 Å². The monoisotopic (exact) mass is 359 g/mol.